The Morgan fingerprint density at radius 2 is 1.66 bits per heavy atom. The lowest BCUT2D eigenvalue weighted by molar-refractivity contribution is -0.671. The zero-order chi connectivity index (χ0) is 22.3. The van der Waals surface area contributed by atoms with E-state index in [1.807, 2.05) is 55.7 Å². The summed E-state index contributed by atoms with van der Waals surface area (Å²) in [7, 11) is 1.96. The largest absolute Gasteiger partial charge is 0.465 e. The minimum absolute atomic E-state index is 0.0742. The molecular formula is C22H39N2O5+. The first-order valence-electron chi connectivity index (χ1n) is 10.3. The number of esters is 2. The van der Waals surface area contributed by atoms with Crippen molar-refractivity contribution in [3.63, 3.8) is 0 Å². The Balaban J connectivity index is 2.68. The highest BCUT2D eigenvalue weighted by molar-refractivity contribution is 5.79. The van der Waals surface area contributed by atoms with Gasteiger partial charge in [0.2, 0.25) is 6.33 Å². The Hall–Kier alpha value is -1.89. The molecule has 0 aromatic carbocycles. The maximum absolute atomic E-state index is 12.8. The van der Waals surface area contributed by atoms with Gasteiger partial charge in [0.1, 0.15) is 24.4 Å². The molecule has 0 spiro atoms. The minimum atomic E-state index is -1.06. The number of aryl methyl sites for hydroxylation is 2. The molecule has 166 valence electrons. The maximum atomic E-state index is 12.8. The highest BCUT2D eigenvalue weighted by Crippen LogP contribution is 2.26. The van der Waals surface area contributed by atoms with Gasteiger partial charge in [-0.1, -0.05) is 6.92 Å². The number of carbonyl (C=O) groups is 2. The van der Waals surface area contributed by atoms with E-state index >= 15 is 0 Å². The van der Waals surface area contributed by atoms with E-state index in [0.29, 0.717) is 13.0 Å². The van der Waals surface area contributed by atoms with Crippen LogP contribution in [0.3, 0.4) is 0 Å². The Bertz CT molecular complexity index is 675. The predicted molar refractivity (Wildman–Crippen MR) is 110 cm³/mol. The predicted octanol–water partition coefficient (Wildman–Crippen LogP) is 3.05. The van der Waals surface area contributed by atoms with Crippen molar-refractivity contribution in [1.82, 2.24) is 4.57 Å². The van der Waals surface area contributed by atoms with Gasteiger partial charge < -0.3 is 14.2 Å². The molecule has 0 saturated carbocycles. The zero-order valence-corrected chi connectivity index (χ0v) is 19.4. The van der Waals surface area contributed by atoms with Crippen LogP contribution in [0.1, 0.15) is 61.3 Å². The number of imidazole rings is 1. The second-order valence-electron chi connectivity index (χ2n) is 9.60. The van der Waals surface area contributed by atoms with Gasteiger partial charge in [0.05, 0.1) is 37.8 Å². The number of carbonyl (C=O) groups excluding carboxylic acids is 2. The SMILES string of the molecule is CCC(C)(C)OCC(C)(COC(=O)C(C)(C)C)C(=O)OCCCn1cc[n+](C)c1. The summed E-state index contributed by atoms with van der Waals surface area (Å²) in [5.74, 6) is -0.768. The molecule has 0 amide bonds. The van der Waals surface area contributed by atoms with Gasteiger partial charge >= 0.3 is 11.9 Å². The van der Waals surface area contributed by atoms with E-state index in [-0.39, 0.29) is 24.8 Å². The third-order valence-electron chi connectivity index (χ3n) is 4.88. The van der Waals surface area contributed by atoms with Gasteiger partial charge in [-0.2, -0.15) is 0 Å². The molecule has 1 unspecified atom stereocenters. The minimum Gasteiger partial charge on any atom is -0.465 e. The molecule has 0 radical (unpaired) electrons. The normalized spacial score (nSPS) is 14.3. The third-order valence-corrected chi connectivity index (χ3v) is 4.88. The van der Waals surface area contributed by atoms with Crippen molar-refractivity contribution in [2.75, 3.05) is 19.8 Å². The molecule has 7 nitrogen and oxygen atoms in total. The van der Waals surface area contributed by atoms with Gasteiger partial charge in [-0.15, -0.1) is 0 Å². The second-order valence-corrected chi connectivity index (χ2v) is 9.60. The lowest BCUT2D eigenvalue weighted by atomic mass is 9.91. The molecular weight excluding hydrogens is 372 g/mol. The van der Waals surface area contributed by atoms with Crippen molar-refractivity contribution < 1.29 is 28.4 Å². The Kier molecular flexibility index (Phi) is 8.87. The Morgan fingerprint density at radius 1 is 1.00 bits per heavy atom. The second kappa shape index (κ2) is 10.2. The highest BCUT2D eigenvalue weighted by Gasteiger charge is 2.40. The Labute approximate surface area is 175 Å². The summed E-state index contributed by atoms with van der Waals surface area (Å²) in [6.45, 7) is 14.1. The number of ether oxygens (including phenoxy) is 3. The van der Waals surface area contributed by atoms with Crippen LogP contribution in [0.4, 0.5) is 0 Å². The van der Waals surface area contributed by atoms with Crippen molar-refractivity contribution in [2.24, 2.45) is 17.9 Å². The molecule has 0 aliphatic rings. The third kappa shape index (κ3) is 8.56. The van der Waals surface area contributed by atoms with Crippen LogP contribution in [-0.4, -0.2) is 41.9 Å². The molecule has 0 bridgehead atoms. The van der Waals surface area contributed by atoms with Crippen molar-refractivity contribution in [2.45, 2.75) is 73.5 Å². The molecule has 1 aromatic heterocycles. The molecule has 0 saturated heterocycles. The fourth-order valence-corrected chi connectivity index (χ4v) is 2.28. The van der Waals surface area contributed by atoms with Crippen molar-refractivity contribution in [3.8, 4) is 0 Å². The van der Waals surface area contributed by atoms with Crippen LogP contribution in [0.15, 0.2) is 18.7 Å². The standard InChI is InChI=1S/C22H39N2O5/c1-9-21(5,6)29-16-22(7,15-28-18(25)20(2,3)4)19(26)27-14-10-11-24-13-12-23(8)17-24/h12-13,17H,9-11,14-16H2,1-8H3/q+1. The van der Waals surface area contributed by atoms with Gasteiger partial charge in [0.15, 0.2) is 0 Å². The average Bonchev–Trinajstić information content (AvgIpc) is 3.05. The number of hydrogen-bond donors (Lipinski definition) is 0. The van der Waals surface area contributed by atoms with Gasteiger partial charge in [-0.25, -0.2) is 9.13 Å². The topological polar surface area (TPSA) is 70.6 Å². The molecule has 0 N–H and O–H groups in total. The summed E-state index contributed by atoms with van der Waals surface area (Å²) < 4.78 is 20.9. The zero-order valence-electron chi connectivity index (χ0n) is 19.4. The molecule has 0 aliphatic heterocycles. The molecule has 1 atom stereocenters. The lowest BCUT2D eigenvalue weighted by Crippen LogP contribution is -2.43. The van der Waals surface area contributed by atoms with Crippen molar-refractivity contribution in [3.05, 3.63) is 18.7 Å². The molecule has 0 fully saturated rings. The van der Waals surface area contributed by atoms with Gasteiger partial charge in [-0.3, -0.25) is 9.59 Å². The number of nitrogens with zero attached hydrogens (tertiary/aromatic N) is 2. The van der Waals surface area contributed by atoms with Crippen molar-refractivity contribution >= 4 is 11.9 Å². The summed E-state index contributed by atoms with van der Waals surface area (Å²) in [5, 5.41) is 0. The fraction of sp³-hybridized carbons (Fsp3) is 0.773. The quantitative estimate of drug-likeness (QED) is 0.318. The summed E-state index contributed by atoms with van der Waals surface area (Å²) in [4.78, 5) is 25.0. The maximum Gasteiger partial charge on any atom is 0.317 e. The van der Waals surface area contributed by atoms with E-state index < -0.39 is 16.8 Å². The van der Waals surface area contributed by atoms with E-state index in [9.17, 15) is 9.59 Å². The first-order valence-corrected chi connectivity index (χ1v) is 10.3. The van der Waals surface area contributed by atoms with E-state index in [4.69, 9.17) is 14.2 Å². The summed E-state index contributed by atoms with van der Waals surface area (Å²) >= 11 is 0. The van der Waals surface area contributed by atoms with E-state index in [2.05, 4.69) is 0 Å². The number of aromatic nitrogens is 2. The van der Waals surface area contributed by atoms with Gasteiger partial charge in [-0.05, 0) is 48.0 Å². The molecule has 1 aromatic rings. The fourth-order valence-electron chi connectivity index (χ4n) is 2.28. The summed E-state index contributed by atoms with van der Waals surface area (Å²) in [6.07, 6.45) is 7.39. The number of hydrogen-bond acceptors (Lipinski definition) is 5. The first kappa shape index (κ1) is 25.1. The van der Waals surface area contributed by atoms with E-state index in [0.717, 1.165) is 13.0 Å². The molecule has 1 heterocycles. The lowest BCUT2D eigenvalue weighted by Gasteiger charge is -2.32. The monoisotopic (exact) mass is 411 g/mol. The van der Waals surface area contributed by atoms with Crippen LogP contribution >= 0.6 is 0 Å². The average molecular weight is 412 g/mol. The molecule has 29 heavy (non-hydrogen) atoms. The van der Waals surface area contributed by atoms with Crippen molar-refractivity contribution in [1.29, 1.82) is 0 Å². The Morgan fingerprint density at radius 3 is 2.17 bits per heavy atom. The summed E-state index contributed by atoms with van der Waals surface area (Å²) in [6, 6.07) is 0. The summed E-state index contributed by atoms with van der Waals surface area (Å²) in [5.41, 5.74) is -2.08. The smallest absolute Gasteiger partial charge is 0.317 e. The molecule has 7 heteroatoms. The van der Waals surface area contributed by atoms with Crippen LogP contribution in [0, 0.1) is 10.8 Å². The molecule has 0 aliphatic carbocycles. The molecule has 1 rings (SSSR count). The van der Waals surface area contributed by atoms with E-state index in [1.54, 1.807) is 27.7 Å². The van der Waals surface area contributed by atoms with Gasteiger partial charge in [0, 0.05) is 6.42 Å². The van der Waals surface area contributed by atoms with Gasteiger partial charge in [0.25, 0.3) is 0 Å². The van der Waals surface area contributed by atoms with E-state index in [1.165, 1.54) is 0 Å². The number of rotatable bonds is 11. The van der Waals surface area contributed by atoms with Crippen LogP contribution in [0.5, 0.6) is 0 Å². The van der Waals surface area contributed by atoms with Crippen LogP contribution < -0.4 is 4.57 Å². The van der Waals surface area contributed by atoms with Crippen LogP contribution in [-0.2, 0) is 37.4 Å². The van der Waals surface area contributed by atoms with Crippen LogP contribution in [0.2, 0.25) is 0 Å². The van der Waals surface area contributed by atoms with Crippen LogP contribution in [0.25, 0.3) is 0 Å². The highest BCUT2D eigenvalue weighted by atomic mass is 16.6. The first-order chi connectivity index (χ1) is 13.3.